The van der Waals surface area contributed by atoms with Crippen molar-refractivity contribution < 1.29 is 4.43 Å². The summed E-state index contributed by atoms with van der Waals surface area (Å²) in [5.41, 5.74) is 0.815. The Labute approximate surface area is 106 Å². The normalized spacial score (nSPS) is 17.6. The molecule has 0 bridgehead atoms. The van der Waals surface area contributed by atoms with Crippen molar-refractivity contribution in [1.29, 1.82) is 0 Å². The Bertz CT molecular complexity index is 206. The van der Waals surface area contributed by atoms with Crippen LogP contribution in [0.3, 0.4) is 0 Å². The molecule has 0 aliphatic heterocycles. The second kappa shape index (κ2) is 5.83. The minimum atomic E-state index is -1.23. The molecule has 3 heteroatoms. The molecule has 98 valence electrons. The molecule has 0 amide bonds. The van der Waals surface area contributed by atoms with Gasteiger partial charge in [-0.1, -0.05) is 46.8 Å². The van der Waals surface area contributed by atoms with Gasteiger partial charge in [0.05, 0.1) is 8.07 Å². The maximum absolute atomic E-state index is 6.52. The highest BCUT2D eigenvalue weighted by molar-refractivity contribution is 6.79. The van der Waals surface area contributed by atoms with E-state index in [0.29, 0.717) is 0 Å². The van der Waals surface area contributed by atoms with Gasteiger partial charge in [0, 0.05) is 5.22 Å². The molecule has 0 heterocycles. The summed E-state index contributed by atoms with van der Waals surface area (Å²) in [7, 11) is -2.29. The lowest BCUT2D eigenvalue weighted by Gasteiger charge is -2.41. The second-order valence-corrected chi connectivity index (χ2v) is 15.1. The zero-order chi connectivity index (χ0) is 13.1. The molecule has 0 saturated carbocycles. The zero-order valence-electron chi connectivity index (χ0n) is 12.8. The largest absolute Gasteiger partial charge is 0.418 e. The molecule has 0 rings (SSSR count). The fourth-order valence-electron chi connectivity index (χ4n) is 2.07. The van der Waals surface area contributed by atoms with Crippen molar-refractivity contribution in [1.82, 2.24) is 0 Å². The standard InChI is InChI=1S/C13H32OSi2/c1-10-12(11(2)3)15(6)14-13(4,5)16(7,8)9/h11-12,15H,10H2,1-9H3. The van der Waals surface area contributed by atoms with Crippen molar-refractivity contribution in [2.75, 3.05) is 0 Å². The summed E-state index contributed by atoms with van der Waals surface area (Å²) in [5.74, 6) is 0.768. The first kappa shape index (κ1) is 16.4. The van der Waals surface area contributed by atoms with Crippen LogP contribution in [0, 0.1) is 5.92 Å². The van der Waals surface area contributed by atoms with Crippen LogP contribution >= 0.6 is 0 Å². The summed E-state index contributed by atoms with van der Waals surface area (Å²) in [6, 6.07) is 0. The molecule has 2 unspecified atom stereocenters. The van der Waals surface area contributed by atoms with E-state index in [1.165, 1.54) is 6.42 Å². The maximum Gasteiger partial charge on any atom is 0.177 e. The van der Waals surface area contributed by atoms with E-state index in [1.54, 1.807) is 0 Å². The van der Waals surface area contributed by atoms with Gasteiger partial charge in [0.25, 0.3) is 0 Å². The summed E-state index contributed by atoms with van der Waals surface area (Å²) in [5, 5.41) is 0.126. The van der Waals surface area contributed by atoms with Crippen LogP contribution in [-0.2, 0) is 4.43 Å². The van der Waals surface area contributed by atoms with E-state index in [1.807, 2.05) is 0 Å². The van der Waals surface area contributed by atoms with Crippen LogP contribution in [0.25, 0.3) is 0 Å². The van der Waals surface area contributed by atoms with Crippen LogP contribution in [0.5, 0.6) is 0 Å². The Morgan fingerprint density at radius 1 is 1.19 bits per heavy atom. The molecule has 0 N–H and O–H groups in total. The Kier molecular flexibility index (Phi) is 5.97. The lowest BCUT2D eigenvalue weighted by Crippen LogP contribution is -2.52. The first-order valence-corrected chi connectivity index (χ1v) is 12.5. The van der Waals surface area contributed by atoms with Crippen molar-refractivity contribution in [2.24, 2.45) is 5.92 Å². The first-order valence-electron chi connectivity index (χ1n) is 6.70. The van der Waals surface area contributed by atoms with Crippen LogP contribution in [0.4, 0.5) is 0 Å². The van der Waals surface area contributed by atoms with Gasteiger partial charge in [0.1, 0.15) is 0 Å². The van der Waals surface area contributed by atoms with E-state index in [0.717, 1.165) is 11.5 Å². The van der Waals surface area contributed by atoms with E-state index in [9.17, 15) is 0 Å². The van der Waals surface area contributed by atoms with E-state index in [-0.39, 0.29) is 5.22 Å². The van der Waals surface area contributed by atoms with Crippen molar-refractivity contribution in [3.05, 3.63) is 0 Å². The molecule has 0 saturated heterocycles. The van der Waals surface area contributed by atoms with Gasteiger partial charge < -0.3 is 4.43 Å². The summed E-state index contributed by atoms with van der Waals surface area (Å²) < 4.78 is 6.52. The summed E-state index contributed by atoms with van der Waals surface area (Å²) in [6.07, 6.45) is 1.27. The van der Waals surface area contributed by atoms with Crippen LogP contribution < -0.4 is 0 Å². The molecular formula is C13H32OSi2. The lowest BCUT2D eigenvalue weighted by molar-refractivity contribution is 0.177. The summed E-state index contributed by atoms with van der Waals surface area (Å²) >= 11 is 0. The van der Waals surface area contributed by atoms with E-state index < -0.39 is 17.1 Å². The van der Waals surface area contributed by atoms with Gasteiger partial charge in [-0.05, 0) is 31.9 Å². The highest BCUT2D eigenvalue weighted by Gasteiger charge is 2.38. The zero-order valence-corrected chi connectivity index (χ0v) is 15.0. The Balaban J connectivity index is 4.60. The van der Waals surface area contributed by atoms with Gasteiger partial charge in [-0.15, -0.1) is 0 Å². The van der Waals surface area contributed by atoms with Crippen molar-refractivity contribution in [3.63, 3.8) is 0 Å². The lowest BCUT2D eigenvalue weighted by atomic mass is 10.1. The van der Waals surface area contributed by atoms with Gasteiger partial charge in [-0.3, -0.25) is 0 Å². The van der Waals surface area contributed by atoms with Crippen LogP contribution in [0.15, 0.2) is 0 Å². The Hall–Kier alpha value is 0.394. The monoisotopic (exact) mass is 260 g/mol. The van der Waals surface area contributed by atoms with Gasteiger partial charge in [-0.25, -0.2) is 0 Å². The SMILES string of the molecule is CCC(C(C)C)[SiH](C)OC(C)(C)[Si](C)(C)C. The van der Waals surface area contributed by atoms with Crippen LogP contribution in [0.1, 0.15) is 41.0 Å². The van der Waals surface area contributed by atoms with Crippen LogP contribution in [-0.4, -0.2) is 22.3 Å². The summed E-state index contributed by atoms with van der Waals surface area (Å²) in [4.78, 5) is 0. The molecule has 16 heavy (non-hydrogen) atoms. The first-order chi connectivity index (χ1) is 7.03. The number of hydrogen-bond acceptors (Lipinski definition) is 1. The Morgan fingerprint density at radius 3 is 1.88 bits per heavy atom. The van der Waals surface area contributed by atoms with Crippen molar-refractivity contribution in [3.8, 4) is 0 Å². The van der Waals surface area contributed by atoms with Gasteiger partial charge >= 0.3 is 0 Å². The van der Waals surface area contributed by atoms with Gasteiger partial charge in [0.15, 0.2) is 9.04 Å². The molecule has 0 aliphatic rings. The highest BCUT2D eigenvalue weighted by Crippen LogP contribution is 2.31. The van der Waals surface area contributed by atoms with Crippen LogP contribution in [0.2, 0.25) is 31.7 Å². The molecule has 1 nitrogen and oxygen atoms in total. The molecule has 0 aliphatic carbocycles. The number of rotatable bonds is 6. The molecular weight excluding hydrogens is 228 g/mol. The smallest absolute Gasteiger partial charge is 0.177 e. The average Bonchev–Trinajstić information content (AvgIpc) is 2.00. The predicted octanol–water partition coefficient (Wildman–Crippen LogP) is 4.45. The third-order valence-corrected chi connectivity index (χ3v) is 11.6. The third kappa shape index (κ3) is 4.34. The predicted molar refractivity (Wildman–Crippen MR) is 80.4 cm³/mol. The van der Waals surface area contributed by atoms with E-state index in [2.05, 4.69) is 60.8 Å². The van der Waals surface area contributed by atoms with E-state index >= 15 is 0 Å². The molecule has 0 fully saturated rings. The third-order valence-electron chi connectivity index (χ3n) is 4.22. The average molecular weight is 261 g/mol. The van der Waals surface area contributed by atoms with Crippen molar-refractivity contribution >= 4 is 17.1 Å². The van der Waals surface area contributed by atoms with E-state index in [4.69, 9.17) is 4.43 Å². The second-order valence-electron chi connectivity index (χ2n) is 6.90. The molecule has 0 radical (unpaired) electrons. The maximum atomic E-state index is 6.52. The molecule has 2 atom stereocenters. The minimum absolute atomic E-state index is 0.126. The highest BCUT2D eigenvalue weighted by atomic mass is 28.3. The molecule has 0 aromatic carbocycles. The number of hydrogen-bond donors (Lipinski definition) is 0. The van der Waals surface area contributed by atoms with Crippen molar-refractivity contribution in [2.45, 2.75) is 78.0 Å². The fraction of sp³-hybridized carbons (Fsp3) is 1.00. The Morgan fingerprint density at radius 2 is 1.62 bits per heavy atom. The summed E-state index contributed by atoms with van der Waals surface area (Å²) in [6.45, 7) is 21.2. The topological polar surface area (TPSA) is 9.23 Å². The van der Waals surface area contributed by atoms with Gasteiger partial charge in [-0.2, -0.15) is 0 Å². The molecule has 0 aromatic rings. The fourth-order valence-corrected chi connectivity index (χ4v) is 6.90. The molecule has 0 aromatic heterocycles. The quantitative estimate of drug-likeness (QED) is 0.641. The van der Waals surface area contributed by atoms with Gasteiger partial charge in [0.2, 0.25) is 0 Å². The molecule has 0 spiro atoms. The minimum Gasteiger partial charge on any atom is -0.418 e.